The highest BCUT2D eigenvalue weighted by atomic mass is 32.2. The van der Waals surface area contributed by atoms with Crippen LogP contribution in [0.4, 0.5) is 0 Å². The fraction of sp³-hybridized carbons (Fsp3) is 0.286. The zero-order valence-corrected chi connectivity index (χ0v) is 10.7. The van der Waals surface area contributed by atoms with Gasteiger partial charge in [-0.25, -0.2) is 0 Å². The molecule has 2 heterocycles. The van der Waals surface area contributed by atoms with E-state index in [0.29, 0.717) is 0 Å². The molecule has 0 bridgehead atoms. The number of aromatic nitrogens is 1. The number of aromatic amines is 1. The quantitative estimate of drug-likeness (QED) is 0.794. The Labute approximate surface area is 105 Å². The Kier molecular flexibility index (Phi) is 2.95. The van der Waals surface area contributed by atoms with Crippen LogP contribution in [0.1, 0.15) is 12.0 Å². The first kappa shape index (κ1) is 10.9. The summed E-state index contributed by atoms with van der Waals surface area (Å²) in [4.78, 5) is 4.69. The van der Waals surface area contributed by atoms with Gasteiger partial charge >= 0.3 is 0 Å². The van der Waals surface area contributed by atoms with Gasteiger partial charge in [0, 0.05) is 34.1 Å². The number of benzene rings is 1. The number of nitrogens with one attached hydrogen (secondary N) is 2. The molecule has 2 N–H and O–H groups in total. The maximum Gasteiger partial charge on any atom is 0.0461 e. The Morgan fingerprint density at radius 2 is 2.24 bits per heavy atom. The molecule has 0 unspecified atom stereocenters. The normalized spacial score (nSPS) is 16.2. The molecule has 0 spiro atoms. The monoisotopic (exact) mass is 244 g/mol. The number of fused-ring (bicyclic) bond motifs is 1. The molecule has 17 heavy (non-hydrogen) atoms. The Morgan fingerprint density at radius 1 is 1.29 bits per heavy atom. The van der Waals surface area contributed by atoms with Crippen LogP contribution in [0.2, 0.25) is 0 Å². The van der Waals surface area contributed by atoms with Crippen molar-refractivity contribution in [3.05, 3.63) is 36.0 Å². The second kappa shape index (κ2) is 4.59. The van der Waals surface area contributed by atoms with Gasteiger partial charge in [-0.2, -0.15) is 0 Å². The molecule has 1 aromatic carbocycles. The van der Waals surface area contributed by atoms with Crippen molar-refractivity contribution >= 4 is 28.2 Å². The van der Waals surface area contributed by atoms with Crippen LogP contribution >= 0.6 is 11.8 Å². The first-order chi connectivity index (χ1) is 8.38. The first-order valence-corrected chi connectivity index (χ1v) is 7.16. The van der Waals surface area contributed by atoms with Crippen molar-refractivity contribution < 1.29 is 0 Å². The molecule has 3 heteroatoms. The molecule has 2 nitrogen and oxygen atoms in total. The van der Waals surface area contributed by atoms with Gasteiger partial charge in [-0.1, -0.05) is 6.08 Å². The standard InChI is InChI=1S/C14H16N2S/c1-17-11-2-3-14-12(8-11)13(9-16-14)10-4-6-15-7-5-10/h2-4,8-9,15-16H,5-7H2,1H3. The van der Waals surface area contributed by atoms with E-state index in [4.69, 9.17) is 0 Å². The third-order valence-corrected chi connectivity index (χ3v) is 4.02. The first-order valence-electron chi connectivity index (χ1n) is 5.94. The van der Waals surface area contributed by atoms with Gasteiger partial charge in [0.15, 0.2) is 0 Å². The highest BCUT2D eigenvalue weighted by Gasteiger charge is 2.11. The number of thioether (sulfide) groups is 1. The Balaban J connectivity index is 2.12. The van der Waals surface area contributed by atoms with E-state index in [1.54, 1.807) is 11.8 Å². The molecular weight excluding hydrogens is 228 g/mol. The van der Waals surface area contributed by atoms with Crippen LogP contribution in [0.5, 0.6) is 0 Å². The molecule has 0 amide bonds. The lowest BCUT2D eigenvalue weighted by atomic mass is 10.00. The van der Waals surface area contributed by atoms with Crippen LogP contribution in [0.3, 0.4) is 0 Å². The number of H-pyrrole nitrogens is 1. The van der Waals surface area contributed by atoms with E-state index >= 15 is 0 Å². The third kappa shape index (κ3) is 2.01. The van der Waals surface area contributed by atoms with Crippen LogP contribution in [0.15, 0.2) is 35.4 Å². The minimum atomic E-state index is 0.990. The lowest BCUT2D eigenvalue weighted by Gasteiger charge is -2.13. The van der Waals surface area contributed by atoms with Crippen molar-refractivity contribution in [1.82, 2.24) is 10.3 Å². The smallest absolute Gasteiger partial charge is 0.0461 e. The van der Waals surface area contributed by atoms with Crippen molar-refractivity contribution in [2.24, 2.45) is 0 Å². The van der Waals surface area contributed by atoms with Gasteiger partial charge in [0.1, 0.15) is 0 Å². The lowest BCUT2D eigenvalue weighted by molar-refractivity contribution is 0.739. The summed E-state index contributed by atoms with van der Waals surface area (Å²) in [6, 6.07) is 6.63. The Morgan fingerprint density at radius 3 is 3.00 bits per heavy atom. The molecule has 0 saturated heterocycles. The Bertz CT molecular complexity index is 569. The molecule has 0 aliphatic carbocycles. The molecule has 1 aliphatic heterocycles. The maximum absolute atomic E-state index is 3.37. The summed E-state index contributed by atoms with van der Waals surface area (Å²) in [5.74, 6) is 0. The third-order valence-electron chi connectivity index (χ3n) is 3.30. The average Bonchev–Trinajstić information content (AvgIpc) is 2.82. The van der Waals surface area contributed by atoms with Gasteiger partial charge in [-0.15, -0.1) is 11.8 Å². The van der Waals surface area contributed by atoms with Crippen LogP contribution < -0.4 is 5.32 Å². The average molecular weight is 244 g/mol. The van der Waals surface area contributed by atoms with Crippen LogP contribution in [-0.4, -0.2) is 24.3 Å². The molecule has 2 aromatic rings. The van der Waals surface area contributed by atoms with E-state index in [1.165, 1.54) is 26.9 Å². The molecule has 0 saturated carbocycles. The zero-order chi connectivity index (χ0) is 11.7. The van der Waals surface area contributed by atoms with Gasteiger partial charge < -0.3 is 10.3 Å². The Hall–Kier alpha value is -1.19. The number of rotatable bonds is 2. The SMILES string of the molecule is CSc1ccc2[nH]cc(C3=CCNCC3)c2c1. The molecular formula is C14H16N2S. The summed E-state index contributed by atoms with van der Waals surface area (Å²) in [7, 11) is 0. The van der Waals surface area contributed by atoms with E-state index in [9.17, 15) is 0 Å². The van der Waals surface area contributed by atoms with Crippen LogP contribution in [-0.2, 0) is 0 Å². The second-order valence-electron chi connectivity index (χ2n) is 4.30. The van der Waals surface area contributed by atoms with E-state index in [0.717, 1.165) is 19.5 Å². The van der Waals surface area contributed by atoms with Crippen molar-refractivity contribution in [2.75, 3.05) is 19.3 Å². The highest BCUT2D eigenvalue weighted by Crippen LogP contribution is 2.30. The number of hydrogen-bond acceptors (Lipinski definition) is 2. The predicted molar refractivity (Wildman–Crippen MR) is 75.5 cm³/mol. The van der Waals surface area contributed by atoms with E-state index in [1.807, 2.05) is 0 Å². The van der Waals surface area contributed by atoms with Crippen LogP contribution in [0, 0.1) is 0 Å². The van der Waals surface area contributed by atoms with Gasteiger partial charge in [0.25, 0.3) is 0 Å². The maximum atomic E-state index is 3.37. The molecule has 0 fully saturated rings. The fourth-order valence-corrected chi connectivity index (χ4v) is 2.80. The van der Waals surface area contributed by atoms with Gasteiger partial charge in [0.2, 0.25) is 0 Å². The molecule has 0 atom stereocenters. The van der Waals surface area contributed by atoms with Gasteiger partial charge in [-0.05, 0) is 43.0 Å². The molecule has 3 rings (SSSR count). The summed E-state index contributed by atoms with van der Waals surface area (Å²) < 4.78 is 0. The highest BCUT2D eigenvalue weighted by molar-refractivity contribution is 7.98. The number of hydrogen-bond donors (Lipinski definition) is 2. The largest absolute Gasteiger partial charge is 0.361 e. The fourth-order valence-electron chi connectivity index (χ4n) is 2.36. The minimum absolute atomic E-state index is 0.990. The van der Waals surface area contributed by atoms with E-state index in [-0.39, 0.29) is 0 Å². The minimum Gasteiger partial charge on any atom is -0.361 e. The molecule has 1 aliphatic rings. The predicted octanol–water partition coefficient (Wildman–Crippen LogP) is 3.27. The summed E-state index contributed by atoms with van der Waals surface area (Å²) in [6.45, 7) is 2.07. The summed E-state index contributed by atoms with van der Waals surface area (Å²) in [5.41, 5.74) is 4.07. The summed E-state index contributed by atoms with van der Waals surface area (Å²) >= 11 is 1.80. The van der Waals surface area contributed by atoms with Crippen LogP contribution in [0.25, 0.3) is 16.5 Å². The lowest BCUT2D eigenvalue weighted by Crippen LogP contribution is -2.19. The zero-order valence-electron chi connectivity index (χ0n) is 9.92. The van der Waals surface area contributed by atoms with Gasteiger partial charge in [0.05, 0.1) is 0 Å². The van der Waals surface area contributed by atoms with Crippen molar-refractivity contribution in [3.8, 4) is 0 Å². The van der Waals surface area contributed by atoms with E-state index in [2.05, 4.69) is 47.0 Å². The molecule has 0 radical (unpaired) electrons. The summed E-state index contributed by atoms with van der Waals surface area (Å²) in [5, 5.41) is 4.71. The van der Waals surface area contributed by atoms with E-state index < -0.39 is 0 Å². The van der Waals surface area contributed by atoms with Crippen molar-refractivity contribution in [3.63, 3.8) is 0 Å². The topological polar surface area (TPSA) is 27.8 Å². The second-order valence-corrected chi connectivity index (χ2v) is 5.18. The molecule has 88 valence electrons. The summed E-state index contributed by atoms with van der Waals surface area (Å²) in [6.07, 6.45) is 7.69. The van der Waals surface area contributed by atoms with Crippen molar-refractivity contribution in [1.29, 1.82) is 0 Å². The molecule has 1 aromatic heterocycles. The van der Waals surface area contributed by atoms with Gasteiger partial charge in [-0.3, -0.25) is 0 Å². The van der Waals surface area contributed by atoms with Crippen molar-refractivity contribution in [2.45, 2.75) is 11.3 Å².